The molecule has 1 aromatic heterocycles. The molecule has 0 radical (unpaired) electrons. The summed E-state index contributed by atoms with van der Waals surface area (Å²) in [5.41, 5.74) is 0. The van der Waals surface area contributed by atoms with Crippen LogP contribution in [-0.2, 0) is 0 Å². The fourth-order valence-corrected chi connectivity index (χ4v) is 2.63. The first kappa shape index (κ1) is 10.7. The van der Waals surface area contributed by atoms with Crippen molar-refractivity contribution in [3.8, 4) is 0 Å². The molecule has 3 heteroatoms. The molecule has 1 saturated heterocycles. The van der Waals surface area contributed by atoms with Crippen molar-refractivity contribution in [3.05, 3.63) is 36.7 Å². The number of nitrogens with zero attached hydrogens (tertiary/aromatic N) is 2. The zero-order valence-electron chi connectivity index (χ0n) is 10.3. The second-order valence-electron chi connectivity index (χ2n) is 4.70. The van der Waals surface area contributed by atoms with Crippen LogP contribution in [0.3, 0.4) is 0 Å². The Bertz CT molecular complexity index is 470. The maximum atomic E-state index is 3.46. The zero-order chi connectivity index (χ0) is 11.7. The fourth-order valence-electron chi connectivity index (χ4n) is 2.63. The third-order valence-electron chi connectivity index (χ3n) is 3.63. The van der Waals surface area contributed by atoms with E-state index in [1.807, 2.05) is 0 Å². The van der Waals surface area contributed by atoms with Crippen molar-refractivity contribution in [3.63, 3.8) is 0 Å². The molecule has 0 aliphatic carbocycles. The monoisotopic (exact) mass is 229 g/mol. The molecule has 1 N–H and O–H groups in total. The van der Waals surface area contributed by atoms with Gasteiger partial charge in [-0.15, -0.1) is 0 Å². The Morgan fingerprint density at radius 3 is 2.59 bits per heavy atom. The molecule has 1 atom stereocenters. The van der Waals surface area contributed by atoms with Crippen LogP contribution in [0.15, 0.2) is 36.7 Å². The normalized spacial score (nSPS) is 21.0. The summed E-state index contributed by atoms with van der Waals surface area (Å²) in [6.07, 6.45) is 5.66. The van der Waals surface area contributed by atoms with E-state index in [9.17, 15) is 0 Å². The summed E-state index contributed by atoms with van der Waals surface area (Å²) in [4.78, 5) is 0. The largest absolute Gasteiger partial charge is 0.313 e. The van der Waals surface area contributed by atoms with Crippen LogP contribution in [0, 0.1) is 0 Å². The van der Waals surface area contributed by atoms with Crippen LogP contribution in [0.25, 0.3) is 10.8 Å². The molecule has 2 heterocycles. The highest BCUT2D eigenvalue weighted by atomic mass is 15.6. The lowest BCUT2D eigenvalue weighted by molar-refractivity contribution is 0.389. The number of benzene rings is 1. The van der Waals surface area contributed by atoms with E-state index >= 15 is 0 Å². The van der Waals surface area contributed by atoms with Crippen LogP contribution in [0.5, 0.6) is 0 Å². The minimum absolute atomic E-state index is 0.602. The van der Waals surface area contributed by atoms with Gasteiger partial charge < -0.3 is 10.3 Å². The molecule has 1 aromatic carbocycles. The van der Waals surface area contributed by atoms with E-state index in [2.05, 4.69) is 58.6 Å². The maximum Gasteiger partial charge on any atom is 0.0577 e. The minimum Gasteiger partial charge on any atom is -0.313 e. The van der Waals surface area contributed by atoms with Gasteiger partial charge in [0.05, 0.1) is 6.04 Å². The number of aromatic nitrogens is 1. The average molecular weight is 229 g/mol. The summed E-state index contributed by atoms with van der Waals surface area (Å²) < 4.78 is 2.28. The van der Waals surface area contributed by atoms with Gasteiger partial charge in [0.15, 0.2) is 0 Å². The van der Waals surface area contributed by atoms with Gasteiger partial charge in [0.1, 0.15) is 0 Å². The van der Waals surface area contributed by atoms with Crippen LogP contribution < -0.4 is 10.3 Å². The Hall–Kier alpha value is -1.48. The van der Waals surface area contributed by atoms with Gasteiger partial charge >= 0.3 is 0 Å². The molecule has 0 bridgehead atoms. The van der Waals surface area contributed by atoms with Gasteiger partial charge in [0, 0.05) is 42.8 Å². The van der Waals surface area contributed by atoms with Crippen molar-refractivity contribution in [2.24, 2.45) is 0 Å². The maximum absolute atomic E-state index is 3.46. The van der Waals surface area contributed by atoms with E-state index in [1.54, 1.807) is 0 Å². The zero-order valence-corrected chi connectivity index (χ0v) is 10.3. The molecule has 0 spiro atoms. The molecule has 17 heavy (non-hydrogen) atoms. The first-order valence-corrected chi connectivity index (χ1v) is 6.43. The van der Waals surface area contributed by atoms with Crippen molar-refractivity contribution in [2.75, 3.05) is 24.6 Å². The summed E-state index contributed by atoms with van der Waals surface area (Å²) in [6.45, 7) is 5.50. The molecular weight excluding hydrogens is 210 g/mol. The number of rotatable bonds is 2. The number of fused-ring (bicyclic) bond motifs is 1. The summed E-state index contributed by atoms with van der Waals surface area (Å²) in [7, 11) is 0. The van der Waals surface area contributed by atoms with Crippen molar-refractivity contribution in [1.29, 1.82) is 0 Å². The molecule has 1 fully saturated rings. The number of hydrogen-bond donors (Lipinski definition) is 1. The third kappa shape index (κ3) is 1.91. The Labute approximate surface area is 102 Å². The lowest BCUT2D eigenvalue weighted by Gasteiger charge is -2.38. The molecule has 1 unspecified atom stereocenters. The molecule has 2 aromatic rings. The van der Waals surface area contributed by atoms with Crippen LogP contribution in [0.1, 0.15) is 13.3 Å². The lowest BCUT2D eigenvalue weighted by atomic mass is 10.2. The highest BCUT2D eigenvalue weighted by molar-refractivity contribution is 5.82. The number of nitrogens with one attached hydrogen (secondary N) is 1. The Morgan fingerprint density at radius 2 is 1.94 bits per heavy atom. The van der Waals surface area contributed by atoms with Gasteiger partial charge in [-0.3, -0.25) is 4.68 Å². The number of piperazine rings is 1. The summed E-state index contributed by atoms with van der Waals surface area (Å²) >= 11 is 0. The van der Waals surface area contributed by atoms with E-state index in [1.165, 1.54) is 17.2 Å². The third-order valence-corrected chi connectivity index (χ3v) is 3.63. The first-order valence-electron chi connectivity index (χ1n) is 6.43. The van der Waals surface area contributed by atoms with E-state index in [4.69, 9.17) is 0 Å². The van der Waals surface area contributed by atoms with Gasteiger partial charge in [-0.25, -0.2) is 0 Å². The predicted molar refractivity (Wildman–Crippen MR) is 72.0 cm³/mol. The van der Waals surface area contributed by atoms with E-state index < -0.39 is 0 Å². The molecule has 90 valence electrons. The SMILES string of the molecule is CCC1CNCCN1n1cc2ccccc2c1. The van der Waals surface area contributed by atoms with Crippen LogP contribution in [0.4, 0.5) is 0 Å². The van der Waals surface area contributed by atoms with E-state index in [0.717, 1.165) is 19.6 Å². The molecule has 3 rings (SSSR count). The van der Waals surface area contributed by atoms with Gasteiger partial charge in [-0.1, -0.05) is 31.2 Å². The predicted octanol–water partition coefficient (Wildman–Crippen LogP) is 1.96. The smallest absolute Gasteiger partial charge is 0.0577 e. The Morgan fingerprint density at radius 1 is 1.24 bits per heavy atom. The van der Waals surface area contributed by atoms with Crippen molar-refractivity contribution in [1.82, 2.24) is 9.99 Å². The lowest BCUT2D eigenvalue weighted by Crippen LogP contribution is -2.55. The average Bonchev–Trinajstić information content (AvgIpc) is 2.82. The Balaban J connectivity index is 1.96. The quantitative estimate of drug-likeness (QED) is 0.849. The standard InChI is InChI=1S/C14H19N3/c1-2-14-9-15-7-8-17(14)16-10-12-5-3-4-6-13(12)11-16/h3-6,10-11,14-15H,2,7-9H2,1H3. The van der Waals surface area contributed by atoms with Gasteiger partial charge in [0.2, 0.25) is 0 Å². The fraction of sp³-hybridized carbons (Fsp3) is 0.429. The summed E-state index contributed by atoms with van der Waals surface area (Å²) in [5, 5.41) is 8.57. The van der Waals surface area contributed by atoms with Crippen LogP contribution in [0.2, 0.25) is 0 Å². The van der Waals surface area contributed by atoms with Gasteiger partial charge in [-0.05, 0) is 6.42 Å². The molecule has 3 nitrogen and oxygen atoms in total. The van der Waals surface area contributed by atoms with Crippen LogP contribution in [-0.4, -0.2) is 30.4 Å². The van der Waals surface area contributed by atoms with Crippen LogP contribution >= 0.6 is 0 Å². The molecule has 1 aliphatic heterocycles. The Kier molecular flexibility index (Phi) is 2.77. The van der Waals surface area contributed by atoms with Gasteiger partial charge in [0.25, 0.3) is 0 Å². The van der Waals surface area contributed by atoms with Crippen molar-refractivity contribution in [2.45, 2.75) is 19.4 Å². The van der Waals surface area contributed by atoms with Crippen molar-refractivity contribution < 1.29 is 0 Å². The molecular formula is C14H19N3. The molecule has 0 saturated carbocycles. The highest BCUT2D eigenvalue weighted by Crippen LogP contribution is 2.16. The van der Waals surface area contributed by atoms with E-state index in [-0.39, 0.29) is 0 Å². The summed E-state index contributed by atoms with van der Waals surface area (Å²) in [6, 6.07) is 9.15. The molecule has 1 aliphatic rings. The van der Waals surface area contributed by atoms with Crippen molar-refractivity contribution >= 4 is 10.8 Å². The summed E-state index contributed by atoms with van der Waals surface area (Å²) in [5.74, 6) is 0. The second-order valence-corrected chi connectivity index (χ2v) is 4.70. The van der Waals surface area contributed by atoms with E-state index in [0.29, 0.717) is 6.04 Å². The highest BCUT2D eigenvalue weighted by Gasteiger charge is 2.20. The van der Waals surface area contributed by atoms with Gasteiger partial charge in [-0.2, -0.15) is 0 Å². The number of hydrogen-bond acceptors (Lipinski definition) is 2. The second kappa shape index (κ2) is 4.41. The topological polar surface area (TPSA) is 20.2 Å². The minimum atomic E-state index is 0.602. The molecule has 0 amide bonds. The first-order chi connectivity index (χ1) is 8.38.